The van der Waals surface area contributed by atoms with Gasteiger partial charge in [-0.1, -0.05) is 0 Å². The van der Waals surface area contributed by atoms with Crippen LogP contribution in [0.1, 0.15) is 6.42 Å². The van der Waals surface area contributed by atoms with Gasteiger partial charge in [-0.3, -0.25) is 9.59 Å². The van der Waals surface area contributed by atoms with Crippen LogP contribution in [0.25, 0.3) is 0 Å². The third-order valence-electron chi connectivity index (χ3n) is 0.591. The fraction of sp³-hybridized carbons (Fsp3) is 0.500. The Kier molecular flexibility index (Phi) is 2.61. The molecule has 0 unspecified atom stereocenters. The average molecular weight is 117 g/mol. The van der Waals surface area contributed by atoms with E-state index >= 15 is 0 Å². The molecule has 0 aromatic carbocycles. The lowest BCUT2D eigenvalue weighted by atomic mass is 10.4. The van der Waals surface area contributed by atoms with Crippen LogP contribution in [0.3, 0.4) is 0 Å². The van der Waals surface area contributed by atoms with Crippen molar-refractivity contribution in [3.63, 3.8) is 0 Å². The fourth-order valence-corrected chi connectivity index (χ4v) is 0.226. The van der Waals surface area contributed by atoms with E-state index in [9.17, 15) is 9.59 Å². The van der Waals surface area contributed by atoms with Crippen LogP contribution in [0.2, 0.25) is 0 Å². The molecule has 4 nitrogen and oxygen atoms in total. The predicted molar refractivity (Wildman–Crippen MR) is 26.3 cm³/mol. The van der Waals surface area contributed by atoms with Gasteiger partial charge in [-0.05, 0) is 0 Å². The van der Waals surface area contributed by atoms with E-state index in [-0.39, 0.29) is 0 Å². The molecule has 0 atom stereocenters. The van der Waals surface area contributed by atoms with Crippen LogP contribution in [0.5, 0.6) is 0 Å². The second-order valence-electron chi connectivity index (χ2n) is 1.24. The van der Waals surface area contributed by atoms with Crippen LogP contribution in [-0.4, -0.2) is 24.0 Å². The maximum Gasteiger partial charge on any atom is 0.312 e. The van der Waals surface area contributed by atoms with Crippen molar-refractivity contribution < 1.29 is 14.7 Å². The molecule has 2 N–H and O–H groups in total. The van der Waals surface area contributed by atoms with Gasteiger partial charge in [0.25, 0.3) is 0 Å². The van der Waals surface area contributed by atoms with E-state index in [2.05, 4.69) is 5.32 Å². The van der Waals surface area contributed by atoms with Gasteiger partial charge in [0.2, 0.25) is 5.91 Å². The molecule has 4 heteroatoms. The number of carboxylic acid groups (broad SMARTS) is 1. The predicted octanol–water partition coefficient (Wildman–Crippen LogP) is -0.793. The molecule has 0 rings (SSSR count). The van der Waals surface area contributed by atoms with Crippen molar-refractivity contribution in [1.29, 1.82) is 0 Å². The minimum atomic E-state index is -1.11. The van der Waals surface area contributed by atoms with Crippen molar-refractivity contribution in [1.82, 2.24) is 5.32 Å². The van der Waals surface area contributed by atoms with Crippen LogP contribution in [-0.2, 0) is 9.59 Å². The van der Waals surface area contributed by atoms with Crippen LogP contribution >= 0.6 is 0 Å². The zero-order valence-electron chi connectivity index (χ0n) is 4.47. The monoisotopic (exact) mass is 117 g/mol. The van der Waals surface area contributed by atoms with Gasteiger partial charge in [0.15, 0.2) is 0 Å². The average Bonchev–Trinajstić information content (AvgIpc) is 1.65. The summed E-state index contributed by atoms with van der Waals surface area (Å²) >= 11 is 0. The lowest BCUT2D eigenvalue weighted by molar-refractivity contribution is -0.140. The van der Waals surface area contributed by atoms with E-state index in [0.29, 0.717) is 0 Å². The summed E-state index contributed by atoms with van der Waals surface area (Å²) in [5.74, 6) is -1.58. The molecular weight excluding hydrogens is 110 g/mol. The maximum atomic E-state index is 10.1. The summed E-state index contributed by atoms with van der Waals surface area (Å²) in [6, 6.07) is 0. The quantitative estimate of drug-likeness (QED) is 0.465. The Balaban J connectivity index is 3.40. The van der Waals surface area contributed by atoms with Crippen molar-refractivity contribution in [3.05, 3.63) is 0 Å². The van der Waals surface area contributed by atoms with Gasteiger partial charge in [-0.2, -0.15) is 0 Å². The Bertz CT molecular complexity index is 110. The van der Waals surface area contributed by atoms with Crippen molar-refractivity contribution in [3.8, 4) is 0 Å². The molecule has 46 valence electrons. The fourth-order valence-electron chi connectivity index (χ4n) is 0.226. The Morgan fingerprint density at radius 2 is 2.12 bits per heavy atom. The van der Waals surface area contributed by atoms with Crippen LogP contribution in [0.4, 0.5) is 0 Å². The number of carbonyl (C=O) groups is 2. The highest BCUT2D eigenvalue weighted by Gasteiger charge is 2.02. The van der Waals surface area contributed by atoms with E-state index < -0.39 is 18.3 Å². The Hall–Kier alpha value is -1.06. The molecule has 0 aromatic heterocycles. The molecule has 0 radical (unpaired) electrons. The summed E-state index contributed by atoms with van der Waals surface area (Å²) in [7, 11) is 1.39. The van der Waals surface area contributed by atoms with Crippen LogP contribution in [0, 0.1) is 0 Å². The van der Waals surface area contributed by atoms with Gasteiger partial charge in [0, 0.05) is 7.05 Å². The Labute approximate surface area is 46.5 Å². The highest BCUT2D eigenvalue weighted by atomic mass is 16.4. The summed E-state index contributed by atoms with van der Waals surface area (Å²) in [6.45, 7) is 0. The second-order valence-corrected chi connectivity index (χ2v) is 1.24. The number of carbonyl (C=O) groups excluding carboxylic acids is 1. The smallest absolute Gasteiger partial charge is 0.312 e. The molecule has 0 aliphatic rings. The van der Waals surface area contributed by atoms with Gasteiger partial charge in [-0.25, -0.2) is 0 Å². The molecule has 0 bridgehead atoms. The van der Waals surface area contributed by atoms with Gasteiger partial charge in [0.1, 0.15) is 6.42 Å². The molecule has 0 heterocycles. The second kappa shape index (κ2) is 3.01. The number of rotatable bonds is 2. The van der Waals surface area contributed by atoms with Gasteiger partial charge >= 0.3 is 5.97 Å². The number of nitrogens with one attached hydrogen (secondary N) is 1. The van der Waals surface area contributed by atoms with E-state index in [0.717, 1.165) is 0 Å². The number of hydrogen-bond acceptors (Lipinski definition) is 2. The largest absolute Gasteiger partial charge is 0.481 e. The first kappa shape index (κ1) is 6.94. The summed E-state index contributed by atoms with van der Waals surface area (Å²) in [5, 5.41) is 10.1. The Morgan fingerprint density at radius 3 is 2.25 bits per heavy atom. The zero-order valence-corrected chi connectivity index (χ0v) is 4.47. The molecule has 0 aromatic rings. The lowest BCUT2D eigenvalue weighted by Gasteiger charge is -1.90. The third kappa shape index (κ3) is 3.14. The summed E-state index contributed by atoms with van der Waals surface area (Å²) < 4.78 is 0. The normalized spacial score (nSPS) is 8.12. The standard InChI is InChI=1S/C4H7NO3/c1-5-3(6)2-4(7)8/h2H2,1H3,(H,5,6)(H,7,8). The molecule has 0 saturated carbocycles. The summed E-state index contributed by atoms with van der Waals surface area (Å²) in [6.07, 6.45) is -0.448. The highest BCUT2D eigenvalue weighted by Crippen LogP contribution is 1.75. The molecular formula is C4H7NO3. The number of aliphatic carboxylic acids is 1. The molecule has 0 spiro atoms. The first-order chi connectivity index (χ1) is 3.66. The highest BCUT2D eigenvalue weighted by molar-refractivity contribution is 5.93. The number of amides is 1. The minimum absolute atomic E-state index is 0.448. The molecule has 1 amide bonds. The van der Waals surface area contributed by atoms with E-state index in [1.807, 2.05) is 0 Å². The zero-order chi connectivity index (χ0) is 6.57. The maximum absolute atomic E-state index is 10.1. The molecule has 0 fully saturated rings. The van der Waals surface area contributed by atoms with E-state index in [4.69, 9.17) is 5.11 Å². The molecule has 0 aliphatic carbocycles. The third-order valence-corrected chi connectivity index (χ3v) is 0.591. The minimum Gasteiger partial charge on any atom is -0.481 e. The molecule has 0 aliphatic heterocycles. The summed E-state index contributed by atoms with van der Waals surface area (Å²) in [5.41, 5.74) is 0. The topological polar surface area (TPSA) is 66.4 Å². The lowest BCUT2D eigenvalue weighted by Crippen LogP contribution is -2.20. The molecule has 0 saturated heterocycles. The molecule has 8 heavy (non-hydrogen) atoms. The van der Waals surface area contributed by atoms with Gasteiger partial charge in [0.05, 0.1) is 0 Å². The SMILES string of the molecule is CNC(=O)CC(=O)O. The Morgan fingerprint density at radius 1 is 1.62 bits per heavy atom. The van der Waals surface area contributed by atoms with Crippen molar-refractivity contribution >= 4 is 11.9 Å². The van der Waals surface area contributed by atoms with Crippen LogP contribution in [0.15, 0.2) is 0 Å². The first-order valence-electron chi connectivity index (χ1n) is 2.09. The first-order valence-corrected chi connectivity index (χ1v) is 2.09. The van der Waals surface area contributed by atoms with E-state index in [1.165, 1.54) is 7.05 Å². The van der Waals surface area contributed by atoms with Crippen molar-refractivity contribution in [2.45, 2.75) is 6.42 Å². The summed E-state index contributed by atoms with van der Waals surface area (Å²) in [4.78, 5) is 19.8. The van der Waals surface area contributed by atoms with Crippen molar-refractivity contribution in [2.75, 3.05) is 7.05 Å². The van der Waals surface area contributed by atoms with Crippen LogP contribution < -0.4 is 5.32 Å². The van der Waals surface area contributed by atoms with Gasteiger partial charge in [-0.15, -0.1) is 0 Å². The van der Waals surface area contributed by atoms with E-state index in [1.54, 1.807) is 0 Å². The van der Waals surface area contributed by atoms with Gasteiger partial charge < -0.3 is 10.4 Å². The number of carboxylic acids is 1. The number of hydrogen-bond donors (Lipinski definition) is 2. The van der Waals surface area contributed by atoms with Crippen molar-refractivity contribution in [2.24, 2.45) is 0 Å².